The second-order valence-corrected chi connectivity index (χ2v) is 12.8. The van der Waals surface area contributed by atoms with Crippen LogP contribution in [-0.4, -0.2) is 69.9 Å². The predicted molar refractivity (Wildman–Crippen MR) is 151 cm³/mol. The number of allylic oxidation sites excluding steroid dienone is 2. The highest BCUT2D eigenvalue weighted by molar-refractivity contribution is 5.93. The zero-order chi connectivity index (χ0) is 31.4. The molecule has 3 atom stereocenters. The highest BCUT2D eigenvalue weighted by atomic mass is 19.1. The van der Waals surface area contributed by atoms with Gasteiger partial charge in [-0.1, -0.05) is 39.0 Å². The number of carbonyl (C=O) groups excluding carboxylic acids is 5. The first kappa shape index (κ1) is 32.6. The summed E-state index contributed by atoms with van der Waals surface area (Å²) in [6.45, 7) is 10.9. The SMILES string of the molecule is CC(C)(C)/C=C\C(=O)CC[C@H](NC(=O)OC(C)(C)C)C(=O)N1CC(OC(=O)N2Cc3cccc(F)c3C2)CC1C(N)=O. The normalized spacial score (nSPS) is 19.4. The number of benzene rings is 1. The number of likely N-dealkylation sites (tertiary alicyclic amines) is 1. The molecule has 2 aliphatic heterocycles. The maximum Gasteiger partial charge on any atom is 0.410 e. The molecule has 1 fully saturated rings. The lowest BCUT2D eigenvalue weighted by molar-refractivity contribution is -0.139. The second-order valence-electron chi connectivity index (χ2n) is 12.8. The van der Waals surface area contributed by atoms with Crippen LogP contribution in [0.2, 0.25) is 0 Å². The largest absolute Gasteiger partial charge is 0.444 e. The summed E-state index contributed by atoms with van der Waals surface area (Å²) in [5, 5.41) is 2.52. The van der Waals surface area contributed by atoms with E-state index in [0.717, 1.165) is 4.90 Å². The molecular formula is C30H41FN4O7. The standard InChI is InChI=1S/C30H41FN4O7/c1-29(2,3)13-12-19(36)10-11-23(33-27(39)42-30(4,5)6)26(38)35-16-20(14-24(35)25(32)37)41-28(40)34-15-18-8-7-9-22(31)21(18)17-34/h7-9,12-13,20,23-24H,10-11,14-17H2,1-6H3,(H2,32,37)(H,33,39)/b13-12-/t20?,23-,24?/m0/s1. The lowest BCUT2D eigenvalue weighted by Crippen LogP contribution is -2.53. The number of carbonyl (C=O) groups is 5. The molecule has 0 aromatic heterocycles. The number of nitrogens with two attached hydrogens (primary N) is 1. The summed E-state index contributed by atoms with van der Waals surface area (Å²) in [4.78, 5) is 66.5. The molecule has 2 unspecified atom stereocenters. The zero-order valence-corrected chi connectivity index (χ0v) is 25.1. The Bertz CT molecular complexity index is 1250. The number of nitrogens with zero attached hydrogens (tertiary/aromatic N) is 2. The molecule has 0 spiro atoms. The van der Waals surface area contributed by atoms with E-state index in [1.807, 2.05) is 20.8 Å². The van der Waals surface area contributed by atoms with Crippen LogP contribution in [0.25, 0.3) is 0 Å². The van der Waals surface area contributed by atoms with Crippen molar-refractivity contribution in [1.82, 2.24) is 15.1 Å². The molecule has 0 aliphatic carbocycles. The summed E-state index contributed by atoms with van der Waals surface area (Å²) in [6.07, 6.45) is 0.580. The van der Waals surface area contributed by atoms with E-state index in [1.165, 1.54) is 17.0 Å². The van der Waals surface area contributed by atoms with Crippen LogP contribution >= 0.6 is 0 Å². The molecule has 4 amide bonds. The summed E-state index contributed by atoms with van der Waals surface area (Å²) < 4.78 is 25.1. The first-order valence-corrected chi connectivity index (χ1v) is 14.0. The van der Waals surface area contributed by atoms with E-state index < -0.39 is 53.6 Å². The number of halogens is 1. The van der Waals surface area contributed by atoms with E-state index >= 15 is 0 Å². The van der Waals surface area contributed by atoms with Gasteiger partial charge in [0, 0.05) is 24.9 Å². The van der Waals surface area contributed by atoms with Crippen molar-refractivity contribution in [3.8, 4) is 0 Å². The van der Waals surface area contributed by atoms with Gasteiger partial charge in [-0.3, -0.25) is 19.3 Å². The summed E-state index contributed by atoms with van der Waals surface area (Å²) in [5.41, 5.74) is 5.63. The van der Waals surface area contributed by atoms with Gasteiger partial charge in [0.2, 0.25) is 11.8 Å². The Morgan fingerprint density at radius 2 is 1.81 bits per heavy atom. The van der Waals surface area contributed by atoms with Crippen LogP contribution < -0.4 is 11.1 Å². The molecule has 2 aliphatic rings. The van der Waals surface area contributed by atoms with Crippen LogP contribution in [0.1, 0.15) is 71.9 Å². The Balaban J connectivity index is 1.72. The van der Waals surface area contributed by atoms with E-state index in [-0.39, 0.29) is 50.1 Å². The number of amides is 4. The van der Waals surface area contributed by atoms with Crippen LogP contribution in [-0.2, 0) is 36.9 Å². The molecule has 12 heteroatoms. The van der Waals surface area contributed by atoms with Crippen LogP contribution in [0.15, 0.2) is 30.4 Å². The quantitative estimate of drug-likeness (QED) is 0.441. The Morgan fingerprint density at radius 1 is 1.12 bits per heavy atom. The second kappa shape index (κ2) is 12.9. The molecule has 1 aromatic rings. The van der Waals surface area contributed by atoms with Crippen molar-refractivity contribution in [2.75, 3.05) is 6.54 Å². The number of primary amides is 1. The van der Waals surface area contributed by atoms with Gasteiger partial charge >= 0.3 is 12.2 Å². The minimum Gasteiger partial charge on any atom is -0.444 e. The van der Waals surface area contributed by atoms with E-state index in [4.69, 9.17) is 15.2 Å². The highest BCUT2D eigenvalue weighted by Crippen LogP contribution is 2.28. The monoisotopic (exact) mass is 588 g/mol. The molecular weight excluding hydrogens is 547 g/mol. The number of rotatable bonds is 8. The Kier molecular flexibility index (Phi) is 10.0. The topological polar surface area (TPSA) is 148 Å². The number of ether oxygens (including phenoxy) is 2. The van der Waals surface area contributed by atoms with Crippen LogP contribution in [0.5, 0.6) is 0 Å². The summed E-state index contributed by atoms with van der Waals surface area (Å²) >= 11 is 0. The number of hydrogen-bond acceptors (Lipinski definition) is 7. The van der Waals surface area contributed by atoms with Crippen LogP contribution in [0.3, 0.4) is 0 Å². The van der Waals surface area contributed by atoms with Crippen molar-refractivity contribution in [3.63, 3.8) is 0 Å². The zero-order valence-electron chi connectivity index (χ0n) is 25.1. The molecule has 42 heavy (non-hydrogen) atoms. The fourth-order valence-corrected chi connectivity index (χ4v) is 4.74. The third-order valence-corrected chi connectivity index (χ3v) is 6.76. The molecule has 230 valence electrons. The van der Waals surface area contributed by atoms with Crippen LogP contribution in [0, 0.1) is 11.2 Å². The third kappa shape index (κ3) is 9.02. The van der Waals surface area contributed by atoms with Gasteiger partial charge in [0.25, 0.3) is 0 Å². The molecule has 0 saturated carbocycles. The summed E-state index contributed by atoms with van der Waals surface area (Å²) in [6, 6.07) is 2.30. The van der Waals surface area contributed by atoms with Crippen molar-refractivity contribution in [3.05, 3.63) is 47.3 Å². The van der Waals surface area contributed by atoms with Gasteiger partial charge in [-0.05, 0) is 50.3 Å². The molecule has 3 N–H and O–H groups in total. The van der Waals surface area contributed by atoms with Gasteiger partial charge < -0.3 is 25.4 Å². The highest BCUT2D eigenvalue weighted by Gasteiger charge is 2.43. The van der Waals surface area contributed by atoms with Crippen molar-refractivity contribution in [2.24, 2.45) is 11.1 Å². The van der Waals surface area contributed by atoms with E-state index in [2.05, 4.69) is 5.32 Å². The number of fused-ring (bicyclic) bond motifs is 1. The summed E-state index contributed by atoms with van der Waals surface area (Å²) in [7, 11) is 0. The molecule has 1 aromatic carbocycles. The molecule has 1 saturated heterocycles. The lowest BCUT2D eigenvalue weighted by atomic mass is 9.95. The van der Waals surface area contributed by atoms with E-state index in [0.29, 0.717) is 11.1 Å². The molecule has 3 rings (SSSR count). The smallest absolute Gasteiger partial charge is 0.410 e. The molecule has 0 radical (unpaired) electrons. The van der Waals surface area contributed by atoms with Crippen molar-refractivity contribution < 1.29 is 37.8 Å². The average molecular weight is 589 g/mol. The van der Waals surface area contributed by atoms with Crippen LogP contribution in [0.4, 0.5) is 14.0 Å². The number of nitrogens with one attached hydrogen (secondary N) is 1. The minimum atomic E-state index is -1.21. The molecule has 2 heterocycles. The van der Waals surface area contributed by atoms with Gasteiger partial charge in [0.1, 0.15) is 29.6 Å². The van der Waals surface area contributed by atoms with Gasteiger partial charge in [-0.15, -0.1) is 0 Å². The lowest BCUT2D eigenvalue weighted by Gasteiger charge is -2.28. The first-order chi connectivity index (χ1) is 19.4. The number of hydrogen-bond donors (Lipinski definition) is 2. The van der Waals surface area contributed by atoms with Crippen molar-refractivity contribution >= 4 is 29.8 Å². The maximum absolute atomic E-state index is 14.1. The van der Waals surface area contributed by atoms with Gasteiger partial charge in [-0.2, -0.15) is 0 Å². The number of ketones is 1. The van der Waals surface area contributed by atoms with E-state index in [9.17, 15) is 28.4 Å². The van der Waals surface area contributed by atoms with E-state index in [1.54, 1.807) is 39.0 Å². The van der Waals surface area contributed by atoms with Crippen molar-refractivity contribution in [1.29, 1.82) is 0 Å². The third-order valence-electron chi connectivity index (χ3n) is 6.76. The Hall–Kier alpha value is -3.96. The molecule has 11 nitrogen and oxygen atoms in total. The number of alkyl carbamates (subject to hydrolysis) is 1. The fraction of sp³-hybridized carbons (Fsp3) is 0.567. The van der Waals surface area contributed by atoms with Gasteiger partial charge in [0.15, 0.2) is 5.78 Å². The fourth-order valence-electron chi connectivity index (χ4n) is 4.74. The summed E-state index contributed by atoms with van der Waals surface area (Å²) in [5.74, 6) is -2.12. The molecule has 0 bridgehead atoms. The van der Waals surface area contributed by atoms with Gasteiger partial charge in [0.05, 0.1) is 13.1 Å². The Morgan fingerprint density at radius 3 is 2.40 bits per heavy atom. The van der Waals surface area contributed by atoms with Gasteiger partial charge in [-0.25, -0.2) is 14.0 Å². The predicted octanol–water partition coefficient (Wildman–Crippen LogP) is 3.58. The first-order valence-electron chi connectivity index (χ1n) is 14.0. The maximum atomic E-state index is 14.1. The average Bonchev–Trinajstić information content (AvgIpc) is 3.49. The van der Waals surface area contributed by atoms with Crippen molar-refractivity contribution in [2.45, 2.75) is 97.7 Å². The Labute approximate surface area is 245 Å². The minimum absolute atomic E-state index is 0.0367.